The van der Waals surface area contributed by atoms with Crippen LogP contribution in [0.4, 0.5) is 0 Å². The molecule has 0 fully saturated rings. The van der Waals surface area contributed by atoms with E-state index in [1.165, 1.54) is 0 Å². The predicted octanol–water partition coefficient (Wildman–Crippen LogP) is 3.37. The average Bonchev–Trinajstić information content (AvgIpc) is 2.48. The van der Waals surface area contributed by atoms with E-state index in [9.17, 15) is 4.79 Å². The largest absolute Gasteiger partial charge is 0.350 e. The maximum atomic E-state index is 12.9. The molecule has 0 radical (unpaired) electrons. The van der Waals surface area contributed by atoms with E-state index in [1.807, 2.05) is 55.5 Å². The number of para-hydroxylation sites is 1. The van der Waals surface area contributed by atoms with E-state index in [-0.39, 0.29) is 5.56 Å². The molecule has 0 aliphatic carbocycles. The van der Waals surface area contributed by atoms with E-state index >= 15 is 0 Å². The van der Waals surface area contributed by atoms with Crippen molar-refractivity contribution in [3.63, 3.8) is 0 Å². The molecule has 0 amide bonds. The highest BCUT2D eigenvalue weighted by atomic mass is 79.9. The molecule has 0 saturated heterocycles. The van der Waals surface area contributed by atoms with Crippen LogP contribution in [0.25, 0.3) is 16.6 Å². The molecule has 0 aliphatic rings. The molecule has 21 heavy (non-hydrogen) atoms. The van der Waals surface area contributed by atoms with E-state index in [0.717, 1.165) is 33.4 Å². The molecule has 3 rings (SSSR count). The number of nitrogens with zero attached hydrogens (tertiary/aromatic N) is 2. The number of aryl methyl sites for hydroxylation is 1. The molecule has 0 saturated carbocycles. The Kier molecular flexibility index (Phi) is 3.64. The summed E-state index contributed by atoms with van der Waals surface area (Å²) in [4.78, 5) is 12.9. The van der Waals surface area contributed by atoms with Gasteiger partial charge in [-0.15, -0.1) is 0 Å². The third kappa shape index (κ3) is 2.29. The van der Waals surface area contributed by atoms with Crippen LogP contribution >= 0.6 is 15.9 Å². The fraction of sp³-hybridized carbons (Fsp3) is 0.176. The Labute approximate surface area is 131 Å². The van der Waals surface area contributed by atoms with Crippen LogP contribution in [-0.2, 0) is 6.54 Å². The Balaban J connectivity index is 2.46. The standard InChI is InChI=1S/C17H16BrN2O/c1-3-19-12(2)20(14-8-6-7-13(18)11-14)17(21)15-9-4-5-10-16(15)19/h4-11H,3H2,1-2H3/q+1. The second-order valence-electron chi connectivity index (χ2n) is 4.93. The molecule has 1 aromatic heterocycles. The molecule has 2 aromatic carbocycles. The second-order valence-corrected chi connectivity index (χ2v) is 5.84. The van der Waals surface area contributed by atoms with Gasteiger partial charge in [0.25, 0.3) is 5.82 Å². The van der Waals surface area contributed by atoms with Crippen molar-refractivity contribution in [2.24, 2.45) is 0 Å². The average molecular weight is 344 g/mol. The van der Waals surface area contributed by atoms with Gasteiger partial charge in [0.15, 0.2) is 0 Å². The molecule has 4 heteroatoms. The van der Waals surface area contributed by atoms with Gasteiger partial charge in [-0.05, 0) is 37.3 Å². The summed E-state index contributed by atoms with van der Waals surface area (Å²) in [5, 5.41) is 0.741. The molecule has 1 heterocycles. The van der Waals surface area contributed by atoms with Crippen molar-refractivity contribution in [3.05, 3.63) is 69.2 Å². The topological polar surface area (TPSA) is 25.9 Å². The first-order valence-corrected chi connectivity index (χ1v) is 7.73. The Hall–Kier alpha value is -1.94. The zero-order valence-electron chi connectivity index (χ0n) is 12.0. The normalized spacial score (nSPS) is 11.0. The first-order valence-electron chi connectivity index (χ1n) is 6.93. The Bertz CT molecular complexity index is 884. The Morgan fingerprint density at radius 2 is 1.90 bits per heavy atom. The van der Waals surface area contributed by atoms with Crippen molar-refractivity contribution in [1.82, 2.24) is 4.57 Å². The monoisotopic (exact) mass is 343 g/mol. The van der Waals surface area contributed by atoms with Crippen molar-refractivity contribution in [3.8, 4) is 5.69 Å². The van der Waals surface area contributed by atoms with Crippen LogP contribution in [-0.4, -0.2) is 4.57 Å². The third-order valence-corrected chi connectivity index (χ3v) is 4.22. The minimum Gasteiger partial charge on any atom is -0.240 e. The van der Waals surface area contributed by atoms with Crippen molar-refractivity contribution >= 4 is 26.8 Å². The quantitative estimate of drug-likeness (QED) is 0.655. The molecule has 3 nitrogen and oxygen atoms in total. The van der Waals surface area contributed by atoms with Crippen LogP contribution in [0.15, 0.2) is 57.8 Å². The molecule has 0 unspecified atom stereocenters. The Morgan fingerprint density at radius 1 is 1.14 bits per heavy atom. The summed E-state index contributed by atoms with van der Waals surface area (Å²) in [7, 11) is 0. The van der Waals surface area contributed by atoms with E-state index in [4.69, 9.17) is 0 Å². The van der Waals surface area contributed by atoms with Crippen molar-refractivity contribution < 1.29 is 4.57 Å². The number of hydrogen-bond donors (Lipinski definition) is 0. The molecule has 0 bridgehead atoms. The van der Waals surface area contributed by atoms with E-state index in [1.54, 1.807) is 4.57 Å². The van der Waals surface area contributed by atoms with Crippen LogP contribution in [0.3, 0.4) is 0 Å². The van der Waals surface area contributed by atoms with Gasteiger partial charge in [-0.2, -0.15) is 4.57 Å². The number of aromatic nitrogens is 2. The van der Waals surface area contributed by atoms with Gasteiger partial charge in [0.05, 0.1) is 6.54 Å². The van der Waals surface area contributed by atoms with Gasteiger partial charge in [-0.3, -0.25) is 0 Å². The lowest BCUT2D eigenvalue weighted by Crippen LogP contribution is -2.44. The fourth-order valence-corrected chi connectivity index (χ4v) is 3.16. The molecule has 0 spiro atoms. The van der Waals surface area contributed by atoms with E-state index < -0.39 is 0 Å². The van der Waals surface area contributed by atoms with Crippen molar-refractivity contribution in [1.29, 1.82) is 0 Å². The number of fused-ring (bicyclic) bond motifs is 1. The summed E-state index contributed by atoms with van der Waals surface area (Å²) >= 11 is 3.47. The highest BCUT2D eigenvalue weighted by molar-refractivity contribution is 9.10. The summed E-state index contributed by atoms with van der Waals surface area (Å²) in [6.45, 7) is 4.90. The SMILES string of the molecule is CC[n+]1c(C)n(-c2cccc(Br)c2)c(=O)c2ccccc21. The lowest BCUT2D eigenvalue weighted by atomic mass is 10.2. The fourth-order valence-electron chi connectivity index (χ4n) is 2.77. The summed E-state index contributed by atoms with van der Waals surface area (Å²) < 4.78 is 4.90. The zero-order chi connectivity index (χ0) is 15.0. The van der Waals surface area contributed by atoms with Crippen LogP contribution in [0, 0.1) is 6.92 Å². The highest BCUT2D eigenvalue weighted by Crippen LogP contribution is 2.16. The predicted molar refractivity (Wildman–Crippen MR) is 87.9 cm³/mol. The van der Waals surface area contributed by atoms with Crippen LogP contribution in [0.2, 0.25) is 0 Å². The number of benzene rings is 2. The van der Waals surface area contributed by atoms with Crippen LogP contribution in [0.1, 0.15) is 12.7 Å². The summed E-state index contributed by atoms with van der Waals surface area (Å²) in [6, 6.07) is 15.6. The molecule has 0 aliphatic heterocycles. The lowest BCUT2D eigenvalue weighted by molar-refractivity contribution is -0.678. The van der Waals surface area contributed by atoms with E-state index in [0.29, 0.717) is 0 Å². The van der Waals surface area contributed by atoms with Crippen molar-refractivity contribution in [2.45, 2.75) is 20.4 Å². The zero-order valence-corrected chi connectivity index (χ0v) is 13.6. The molecule has 3 aromatic rings. The smallest absolute Gasteiger partial charge is 0.240 e. The van der Waals surface area contributed by atoms with Gasteiger partial charge >= 0.3 is 5.56 Å². The van der Waals surface area contributed by atoms with Crippen LogP contribution < -0.4 is 10.1 Å². The number of hydrogen-bond acceptors (Lipinski definition) is 1. The van der Waals surface area contributed by atoms with Gasteiger partial charge in [-0.25, -0.2) is 9.36 Å². The maximum Gasteiger partial charge on any atom is 0.350 e. The van der Waals surface area contributed by atoms with Gasteiger partial charge in [0.1, 0.15) is 16.6 Å². The molecule has 0 atom stereocenters. The van der Waals surface area contributed by atoms with Gasteiger partial charge in [0, 0.05) is 11.4 Å². The van der Waals surface area contributed by atoms with Crippen LogP contribution in [0.5, 0.6) is 0 Å². The minimum atomic E-state index is 0.0194. The summed E-state index contributed by atoms with van der Waals surface area (Å²) in [5.41, 5.74) is 1.87. The van der Waals surface area contributed by atoms with E-state index in [2.05, 4.69) is 27.4 Å². The second kappa shape index (κ2) is 5.45. The molecule has 0 N–H and O–H groups in total. The first kappa shape index (κ1) is 14.0. The molecular formula is C17H16BrN2O+. The third-order valence-electron chi connectivity index (χ3n) is 3.73. The minimum absolute atomic E-state index is 0.0194. The van der Waals surface area contributed by atoms with Gasteiger partial charge in [0.2, 0.25) is 0 Å². The molecule has 106 valence electrons. The Morgan fingerprint density at radius 3 is 2.62 bits per heavy atom. The maximum absolute atomic E-state index is 12.9. The van der Waals surface area contributed by atoms with Gasteiger partial charge in [-0.1, -0.05) is 34.1 Å². The summed E-state index contributed by atoms with van der Waals surface area (Å²) in [5.74, 6) is 0.930. The number of rotatable bonds is 2. The van der Waals surface area contributed by atoms with Crippen molar-refractivity contribution in [2.75, 3.05) is 0 Å². The lowest BCUT2D eigenvalue weighted by Gasteiger charge is -2.10. The molecular weight excluding hydrogens is 328 g/mol. The summed E-state index contributed by atoms with van der Waals surface area (Å²) in [6.07, 6.45) is 0. The number of halogens is 1. The van der Waals surface area contributed by atoms with Gasteiger partial charge < -0.3 is 0 Å². The first-order chi connectivity index (χ1) is 10.1. The highest BCUT2D eigenvalue weighted by Gasteiger charge is 2.20.